The molecule has 1 saturated carbocycles. The Hall–Kier alpha value is -1.94. The van der Waals surface area contributed by atoms with Crippen LogP contribution in [0, 0.1) is 6.92 Å². The Morgan fingerprint density at radius 2 is 2.09 bits per heavy atom. The van der Waals surface area contributed by atoms with Gasteiger partial charge in [-0.05, 0) is 51.8 Å². The molecule has 4 heteroatoms. The third-order valence-electron chi connectivity index (χ3n) is 4.07. The summed E-state index contributed by atoms with van der Waals surface area (Å²) in [6, 6.07) is 7.91. The number of aliphatic hydroxyl groups is 1. The van der Waals surface area contributed by atoms with E-state index in [0.717, 1.165) is 35.0 Å². The lowest BCUT2D eigenvalue weighted by molar-refractivity contribution is 0.0871. The van der Waals surface area contributed by atoms with E-state index in [-0.39, 0.29) is 12.5 Å². The van der Waals surface area contributed by atoms with Gasteiger partial charge in [0.2, 0.25) is 0 Å². The molecule has 2 N–H and O–H groups in total. The number of carbonyl (C=O) groups is 1. The van der Waals surface area contributed by atoms with Gasteiger partial charge in [-0.15, -0.1) is 0 Å². The summed E-state index contributed by atoms with van der Waals surface area (Å²) < 4.78 is 0. The molecule has 1 heterocycles. The van der Waals surface area contributed by atoms with Gasteiger partial charge in [-0.1, -0.05) is 11.6 Å². The van der Waals surface area contributed by atoms with E-state index in [1.807, 2.05) is 31.2 Å². The van der Waals surface area contributed by atoms with E-state index < -0.39 is 5.54 Å². The summed E-state index contributed by atoms with van der Waals surface area (Å²) in [4.78, 5) is 17.4. The van der Waals surface area contributed by atoms with E-state index in [9.17, 15) is 9.90 Å². The van der Waals surface area contributed by atoms with Gasteiger partial charge in [-0.25, -0.2) is 0 Å². The van der Waals surface area contributed by atoms with Crippen molar-refractivity contribution in [2.75, 3.05) is 6.61 Å². The molecule has 0 saturated heterocycles. The van der Waals surface area contributed by atoms with E-state index in [1.165, 1.54) is 0 Å². The minimum Gasteiger partial charge on any atom is -0.394 e. The standard InChI is InChI=1S/C18H22N2O2/c1-11-4-7-15-13(8-11)14(9-16(19-15)12-5-6-12)17(22)20-18(2,3)10-21/h4,7-9,12,21H,5-6,10H2,1-3H3,(H,20,22). The van der Waals surface area contributed by atoms with E-state index in [0.29, 0.717) is 11.5 Å². The smallest absolute Gasteiger partial charge is 0.252 e. The highest BCUT2D eigenvalue weighted by molar-refractivity contribution is 6.06. The fraction of sp³-hybridized carbons (Fsp3) is 0.444. The lowest BCUT2D eigenvalue weighted by Gasteiger charge is -2.24. The SMILES string of the molecule is Cc1ccc2nc(C3CC3)cc(C(=O)NC(C)(C)CO)c2c1. The number of nitrogens with zero attached hydrogens (tertiary/aromatic N) is 1. The largest absolute Gasteiger partial charge is 0.394 e. The molecule has 1 aliphatic rings. The molecule has 0 spiro atoms. The van der Waals surface area contributed by atoms with Gasteiger partial charge in [0.05, 0.1) is 23.2 Å². The van der Waals surface area contributed by atoms with E-state index in [4.69, 9.17) is 4.98 Å². The van der Waals surface area contributed by atoms with Crippen LogP contribution in [-0.4, -0.2) is 28.1 Å². The number of rotatable bonds is 4. The average Bonchev–Trinajstić information content (AvgIpc) is 3.30. The van der Waals surface area contributed by atoms with Crippen LogP contribution < -0.4 is 5.32 Å². The maximum absolute atomic E-state index is 12.7. The molecule has 0 radical (unpaired) electrons. The second kappa shape index (κ2) is 5.36. The quantitative estimate of drug-likeness (QED) is 0.912. The number of nitrogens with one attached hydrogen (secondary N) is 1. The normalized spacial score (nSPS) is 15.1. The maximum Gasteiger partial charge on any atom is 0.252 e. The number of aliphatic hydroxyl groups excluding tert-OH is 1. The van der Waals surface area contributed by atoms with Crippen molar-refractivity contribution in [3.63, 3.8) is 0 Å². The molecule has 0 unspecified atom stereocenters. The number of aromatic nitrogens is 1. The molecule has 22 heavy (non-hydrogen) atoms. The van der Waals surface area contributed by atoms with Gasteiger partial charge in [0.15, 0.2) is 0 Å². The van der Waals surface area contributed by atoms with Crippen LogP contribution in [0.3, 0.4) is 0 Å². The summed E-state index contributed by atoms with van der Waals surface area (Å²) in [5.74, 6) is 0.335. The number of carbonyl (C=O) groups excluding carboxylic acids is 1. The van der Waals surface area contributed by atoms with Crippen molar-refractivity contribution in [3.8, 4) is 0 Å². The van der Waals surface area contributed by atoms with Gasteiger partial charge in [-0.3, -0.25) is 9.78 Å². The first kappa shape index (κ1) is 15.0. The summed E-state index contributed by atoms with van der Waals surface area (Å²) in [6.07, 6.45) is 2.29. The first-order valence-corrected chi connectivity index (χ1v) is 7.74. The highest BCUT2D eigenvalue weighted by Gasteiger charge is 2.28. The van der Waals surface area contributed by atoms with Crippen LogP contribution in [0.2, 0.25) is 0 Å². The number of hydrogen-bond acceptors (Lipinski definition) is 3. The number of aryl methyl sites for hydroxylation is 1. The maximum atomic E-state index is 12.7. The molecule has 4 nitrogen and oxygen atoms in total. The molecule has 1 aromatic heterocycles. The summed E-state index contributed by atoms with van der Waals surface area (Å²) in [5, 5.41) is 13.1. The molecular weight excluding hydrogens is 276 g/mol. The van der Waals surface area contributed by atoms with Gasteiger partial charge < -0.3 is 10.4 Å². The van der Waals surface area contributed by atoms with E-state index in [1.54, 1.807) is 13.8 Å². The van der Waals surface area contributed by atoms with Crippen molar-refractivity contribution >= 4 is 16.8 Å². The Morgan fingerprint density at radius 3 is 2.73 bits per heavy atom. The predicted molar refractivity (Wildman–Crippen MR) is 87.1 cm³/mol. The van der Waals surface area contributed by atoms with Crippen LogP contribution in [-0.2, 0) is 0 Å². The molecule has 3 rings (SSSR count). The topological polar surface area (TPSA) is 62.2 Å². The molecule has 1 amide bonds. The van der Waals surface area contributed by atoms with Gasteiger partial charge in [-0.2, -0.15) is 0 Å². The number of fused-ring (bicyclic) bond motifs is 1. The molecule has 0 aliphatic heterocycles. The first-order valence-electron chi connectivity index (χ1n) is 7.74. The third-order valence-corrected chi connectivity index (χ3v) is 4.07. The molecular formula is C18H22N2O2. The number of benzene rings is 1. The van der Waals surface area contributed by atoms with Crippen molar-refractivity contribution in [3.05, 3.63) is 41.1 Å². The third kappa shape index (κ3) is 2.97. The van der Waals surface area contributed by atoms with Crippen molar-refractivity contribution in [2.45, 2.75) is 45.1 Å². The van der Waals surface area contributed by atoms with Gasteiger partial charge in [0.1, 0.15) is 0 Å². The Kier molecular flexibility index (Phi) is 3.65. The van der Waals surface area contributed by atoms with Crippen LogP contribution >= 0.6 is 0 Å². The van der Waals surface area contributed by atoms with Gasteiger partial charge in [0, 0.05) is 17.0 Å². The van der Waals surface area contributed by atoms with Crippen LogP contribution in [0.5, 0.6) is 0 Å². The van der Waals surface area contributed by atoms with Crippen LogP contribution in [0.15, 0.2) is 24.3 Å². The van der Waals surface area contributed by atoms with Crippen molar-refractivity contribution in [1.29, 1.82) is 0 Å². The van der Waals surface area contributed by atoms with Crippen molar-refractivity contribution in [1.82, 2.24) is 10.3 Å². The number of hydrogen-bond donors (Lipinski definition) is 2. The summed E-state index contributed by atoms with van der Waals surface area (Å²) in [7, 11) is 0. The Balaban J connectivity index is 2.09. The second-order valence-corrected chi connectivity index (χ2v) is 6.89. The highest BCUT2D eigenvalue weighted by Crippen LogP contribution is 2.40. The number of pyridine rings is 1. The molecule has 1 fully saturated rings. The molecule has 116 valence electrons. The van der Waals surface area contributed by atoms with Crippen molar-refractivity contribution in [2.24, 2.45) is 0 Å². The average molecular weight is 298 g/mol. The fourth-order valence-electron chi connectivity index (χ4n) is 2.55. The summed E-state index contributed by atoms with van der Waals surface area (Å²) in [6.45, 7) is 5.52. The van der Waals surface area contributed by atoms with Gasteiger partial charge >= 0.3 is 0 Å². The van der Waals surface area contributed by atoms with Crippen molar-refractivity contribution < 1.29 is 9.90 Å². The Bertz CT molecular complexity index is 733. The molecule has 0 bridgehead atoms. The fourth-order valence-corrected chi connectivity index (χ4v) is 2.55. The van der Waals surface area contributed by atoms with Crippen LogP contribution in [0.25, 0.3) is 10.9 Å². The zero-order valence-corrected chi connectivity index (χ0v) is 13.3. The minimum absolute atomic E-state index is 0.101. The lowest BCUT2D eigenvalue weighted by atomic mass is 10.0. The zero-order valence-electron chi connectivity index (χ0n) is 13.3. The van der Waals surface area contributed by atoms with Gasteiger partial charge in [0.25, 0.3) is 5.91 Å². The zero-order chi connectivity index (χ0) is 15.9. The monoisotopic (exact) mass is 298 g/mol. The van der Waals surface area contributed by atoms with E-state index >= 15 is 0 Å². The molecule has 1 aromatic carbocycles. The van der Waals surface area contributed by atoms with Crippen LogP contribution in [0.4, 0.5) is 0 Å². The van der Waals surface area contributed by atoms with E-state index in [2.05, 4.69) is 5.32 Å². The second-order valence-electron chi connectivity index (χ2n) is 6.89. The minimum atomic E-state index is -0.643. The predicted octanol–water partition coefficient (Wildman–Crippen LogP) is 2.92. The first-order chi connectivity index (χ1) is 10.4. The summed E-state index contributed by atoms with van der Waals surface area (Å²) >= 11 is 0. The Morgan fingerprint density at radius 1 is 1.36 bits per heavy atom. The molecule has 0 atom stereocenters. The lowest BCUT2D eigenvalue weighted by Crippen LogP contribution is -2.46. The molecule has 2 aromatic rings. The Labute approximate surface area is 130 Å². The molecule has 1 aliphatic carbocycles. The van der Waals surface area contributed by atoms with Crippen LogP contribution in [0.1, 0.15) is 54.2 Å². The summed E-state index contributed by atoms with van der Waals surface area (Å²) in [5.41, 5.74) is 2.97. The number of amides is 1. The highest BCUT2D eigenvalue weighted by atomic mass is 16.3.